The Labute approximate surface area is 141 Å². The number of nitrogens with two attached hydrogens (primary N) is 1. The van der Waals surface area contributed by atoms with Gasteiger partial charge < -0.3 is 14.8 Å². The van der Waals surface area contributed by atoms with Gasteiger partial charge >= 0.3 is 0 Å². The van der Waals surface area contributed by atoms with Crippen molar-refractivity contribution >= 4 is 44.0 Å². The molecule has 120 valence electrons. The molecule has 0 saturated carbocycles. The number of benzene rings is 2. The van der Waals surface area contributed by atoms with Gasteiger partial charge in [0.1, 0.15) is 5.01 Å². The molecule has 23 heavy (non-hydrogen) atoms. The molecule has 1 atom stereocenters. The molecule has 0 aliphatic heterocycles. The van der Waals surface area contributed by atoms with Crippen molar-refractivity contribution < 1.29 is 8.39 Å². The fourth-order valence-electron chi connectivity index (χ4n) is 2.32. The maximum absolute atomic E-state index is 11.5. The Kier molecular flexibility index (Phi) is 4.23. The SMILES string of the molecule is CN(C)c1ccc(-c2nc3ccccc3s2)c(N)c1OS(C)=O. The Morgan fingerprint density at radius 2 is 1.96 bits per heavy atom. The zero-order chi connectivity index (χ0) is 16.6. The van der Waals surface area contributed by atoms with Gasteiger partial charge in [-0.1, -0.05) is 12.1 Å². The largest absolute Gasteiger partial charge is 0.396 e. The molecule has 5 nitrogen and oxygen atoms in total. The summed E-state index contributed by atoms with van der Waals surface area (Å²) in [5.41, 5.74) is 9.26. The highest BCUT2D eigenvalue weighted by Gasteiger charge is 2.18. The van der Waals surface area contributed by atoms with E-state index in [2.05, 4.69) is 4.98 Å². The molecule has 1 heterocycles. The molecule has 0 aliphatic carbocycles. The van der Waals surface area contributed by atoms with Crippen molar-refractivity contribution in [1.82, 2.24) is 4.98 Å². The van der Waals surface area contributed by atoms with Crippen LogP contribution in [0.1, 0.15) is 0 Å². The van der Waals surface area contributed by atoms with Crippen LogP contribution in [-0.4, -0.2) is 29.5 Å². The maximum atomic E-state index is 11.5. The first-order chi connectivity index (χ1) is 11.0. The summed E-state index contributed by atoms with van der Waals surface area (Å²) in [6.07, 6.45) is 1.48. The van der Waals surface area contributed by atoms with Gasteiger partial charge in [-0.2, -0.15) is 0 Å². The normalized spacial score (nSPS) is 12.3. The summed E-state index contributed by atoms with van der Waals surface area (Å²) in [6, 6.07) is 11.8. The number of rotatable bonds is 4. The molecule has 0 saturated heterocycles. The van der Waals surface area contributed by atoms with Gasteiger partial charge in [0.15, 0.2) is 5.75 Å². The van der Waals surface area contributed by atoms with E-state index in [1.807, 2.05) is 55.4 Å². The van der Waals surface area contributed by atoms with E-state index < -0.39 is 11.1 Å². The van der Waals surface area contributed by atoms with Gasteiger partial charge in [0, 0.05) is 25.9 Å². The molecular weight excluding hydrogens is 330 g/mol. The number of nitrogen functional groups attached to an aromatic ring is 1. The van der Waals surface area contributed by atoms with E-state index in [0.29, 0.717) is 11.4 Å². The highest BCUT2D eigenvalue weighted by Crippen LogP contribution is 2.42. The number of para-hydroxylation sites is 1. The van der Waals surface area contributed by atoms with Gasteiger partial charge in [0.2, 0.25) is 11.1 Å². The predicted octanol–water partition coefficient (Wildman–Crippen LogP) is 3.28. The van der Waals surface area contributed by atoms with Crippen LogP contribution in [-0.2, 0) is 11.1 Å². The Morgan fingerprint density at radius 3 is 2.61 bits per heavy atom. The van der Waals surface area contributed by atoms with Crippen molar-refractivity contribution in [3.63, 3.8) is 0 Å². The number of aromatic nitrogens is 1. The van der Waals surface area contributed by atoms with Crippen LogP contribution in [0, 0.1) is 0 Å². The average Bonchev–Trinajstić information content (AvgIpc) is 2.92. The molecule has 0 spiro atoms. The number of anilines is 2. The first-order valence-electron chi connectivity index (χ1n) is 6.95. The summed E-state index contributed by atoms with van der Waals surface area (Å²) in [5, 5.41) is 0.820. The van der Waals surface area contributed by atoms with E-state index >= 15 is 0 Å². The smallest absolute Gasteiger partial charge is 0.203 e. The quantitative estimate of drug-likeness (QED) is 0.734. The molecule has 1 unspecified atom stereocenters. The van der Waals surface area contributed by atoms with Crippen molar-refractivity contribution in [2.45, 2.75) is 0 Å². The first kappa shape index (κ1) is 15.8. The number of fused-ring (bicyclic) bond motifs is 1. The van der Waals surface area contributed by atoms with Crippen LogP contribution in [0.2, 0.25) is 0 Å². The van der Waals surface area contributed by atoms with Gasteiger partial charge in [-0.15, -0.1) is 11.3 Å². The lowest BCUT2D eigenvalue weighted by molar-refractivity contribution is 0.569. The van der Waals surface area contributed by atoms with Crippen molar-refractivity contribution in [3.8, 4) is 16.3 Å². The Morgan fingerprint density at radius 1 is 1.22 bits per heavy atom. The lowest BCUT2D eigenvalue weighted by Gasteiger charge is -2.19. The zero-order valence-corrected chi connectivity index (χ0v) is 14.7. The molecular formula is C16H17N3O2S2. The van der Waals surface area contributed by atoms with E-state index in [1.54, 1.807) is 11.3 Å². The number of thiazole rings is 1. The van der Waals surface area contributed by atoms with E-state index in [9.17, 15) is 4.21 Å². The summed E-state index contributed by atoms with van der Waals surface area (Å²) in [7, 11) is 3.77. The van der Waals surface area contributed by atoms with E-state index in [0.717, 1.165) is 26.5 Å². The second-order valence-electron chi connectivity index (χ2n) is 5.24. The molecule has 3 aromatic rings. The van der Waals surface area contributed by atoms with Gasteiger partial charge in [-0.05, 0) is 24.3 Å². The van der Waals surface area contributed by atoms with E-state index in [-0.39, 0.29) is 0 Å². The second kappa shape index (κ2) is 6.17. The first-order valence-corrected chi connectivity index (χ1v) is 9.25. The standard InChI is InChI=1S/C16H17N3O2S2/c1-19(2)12-9-8-10(14(17)15(12)21-23(3)20)16-18-11-6-4-5-7-13(11)22-16/h4-9H,17H2,1-3H3. The number of nitrogens with zero attached hydrogens (tertiary/aromatic N) is 2. The van der Waals surface area contributed by atoms with Gasteiger partial charge in [-0.3, -0.25) is 0 Å². The van der Waals surface area contributed by atoms with Crippen LogP contribution in [0.3, 0.4) is 0 Å². The molecule has 2 N–H and O–H groups in total. The monoisotopic (exact) mass is 347 g/mol. The van der Waals surface area contributed by atoms with Gasteiger partial charge in [0.05, 0.1) is 21.6 Å². The van der Waals surface area contributed by atoms with Gasteiger partial charge in [-0.25, -0.2) is 9.19 Å². The van der Waals surface area contributed by atoms with Crippen molar-refractivity contribution in [3.05, 3.63) is 36.4 Å². The second-order valence-corrected chi connectivity index (χ2v) is 7.24. The lowest BCUT2D eigenvalue weighted by atomic mass is 10.1. The van der Waals surface area contributed by atoms with Crippen molar-refractivity contribution in [2.75, 3.05) is 31.0 Å². The highest BCUT2D eigenvalue weighted by atomic mass is 32.2. The Balaban J connectivity index is 2.17. The molecule has 0 fully saturated rings. The molecule has 7 heteroatoms. The summed E-state index contributed by atoms with van der Waals surface area (Å²) in [6.45, 7) is 0. The Hall–Kier alpha value is -2.12. The molecule has 0 radical (unpaired) electrons. The van der Waals surface area contributed by atoms with Crippen LogP contribution in [0.15, 0.2) is 36.4 Å². The Bertz CT molecular complexity index is 857. The summed E-state index contributed by atoms with van der Waals surface area (Å²) >= 11 is 0.114. The molecule has 2 aromatic carbocycles. The molecule has 0 amide bonds. The lowest BCUT2D eigenvalue weighted by Crippen LogP contribution is -2.13. The minimum Gasteiger partial charge on any atom is -0.396 e. The molecule has 0 aliphatic rings. The van der Waals surface area contributed by atoms with Crippen LogP contribution >= 0.6 is 11.3 Å². The highest BCUT2D eigenvalue weighted by molar-refractivity contribution is 7.79. The van der Waals surface area contributed by atoms with Crippen molar-refractivity contribution in [2.24, 2.45) is 0 Å². The van der Waals surface area contributed by atoms with E-state index in [4.69, 9.17) is 9.92 Å². The number of hydrogen-bond donors (Lipinski definition) is 1. The van der Waals surface area contributed by atoms with Crippen LogP contribution in [0.4, 0.5) is 11.4 Å². The molecule has 1 aromatic heterocycles. The van der Waals surface area contributed by atoms with E-state index in [1.165, 1.54) is 6.26 Å². The van der Waals surface area contributed by atoms with Crippen LogP contribution in [0.25, 0.3) is 20.8 Å². The molecule has 0 bridgehead atoms. The topological polar surface area (TPSA) is 68.5 Å². The van der Waals surface area contributed by atoms with Crippen LogP contribution < -0.4 is 14.8 Å². The average molecular weight is 347 g/mol. The third-order valence-corrected chi connectivity index (χ3v) is 4.85. The minimum atomic E-state index is -1.46. The van der Waals surface area contributed by atoms with Crippen molar-refractivity contribution in [1.29, 1.82) is 0 Å². The fourth-order valence-corrected chi connectivity index (χ4v) is 3.73. The minimum absolute atomic E-state index is 0.424. The predicted molar refractivity (Wildman–Crippen MR) is 98.5 cm³/mol. The summed E-state index contributed by atoms with van der Waals surface area (Å²) in [4.78, 5) is 6.51. The van der Waals surface area contributed by atoms with Gasteiger partial charge in [0.25, 0.3) is 0 Å². The maximum Gasteiger partial charge on any atom is 0.203 e. The zero-order valence-electron chi connectivity index (χ0n) is 13.1. The summed E-state index contributed by atoms with van der Waals surface area (Å²) in [5.74, 6) is 0.424. The summed E-state index contributed by atoms with van der Waals surface area (Å²) < 4.78 is 18.1. The third-order valence-electron chi connectivity index (χ3n) is 3.38. The van der Waals surface area contributed by atoms with Crippen LogP contribution in [0.5, 0.6) is 5.75 Å². The third kappa shape index (κ3) is 3.02. The fraction of sp³-hybridized carbons (Fsp3) is 0.188. The number of hydrogen-bond acceptors (Lipinski definition) is 6. The molecule has 3 rings (SSSR count).